The van der Waals surface area contributed by atoms with Crippen LogP contribution >= 0.6 is 11.6 Å². The van der Waals surface area contributed by atoms with Crippen LogP contribution in [0.3, 0.4) is 0 Å². The normalized spacial score (nSPS) is 9.00. The molecular weight excluding hydrogens is 176 g/mol. The summed E-state index contributed by atoms with van der Waals surface area (Å²) >= 11 is 5.65. The first-order valence-corrected chi connectivity index (χ1v) is 3.48. The topological polar surface area (TPSA) is 47.5 Å². The fourth-order valence-corrected chi connectivity index (χ4v) is 1.01. The van der Waals surface area contributed by atoms with Gasteiger partial charge in [0.1, 0.15) is 0 Å². The minimum absolute atomic E-state index is 0.221. The van der Waals surface area contributed by atoms with Crippen LogP contribution in [0, 0.1) is 6.57 Å². The van der Waals surface area contributed by atoms with E-state index < -0.39 is 0 Å². The second kappa shape index (κ2) is 3.24. The molecule has 0 aliphatic carbocycles. The van der Waals surface area contributed by atoms with E-state index in [1.807, 2.05) is 0 Å². The molecule has 12 heavy (non-hydrogen) atoms. The number of hydrogen-bond acceptors (Lipinski definition) is 2. The Morgan fingerprint density at radius 2 is 2.25 bits per heavy atom. The first-order chi connectivity index (χ1) is 5.69. The highest BCUT2D eigenvalue weighted by Gasteiger charge is 2.04. The molecule has 1 aromatic rings. The molecule has 0 aliphatic heterocycles. The quantitative estimate of drug-likeness (QED) is 0.410. The van der Waals surface area contributed by atoms with Crippen LogP contribution in [0.25, 0.3) is 4.85 Å². The maximum atomic E-state index is 10.4. The zero-order valence-corrected chi connectivity index (χ0v) is 6.80. The third-order valence-electron chi connectivity index (χ3n) is 1.40. The molecule has 1 rings (SSSR count). The van der Waals surface area contributed by atoms with Gasteiger partial charge in [-0.05, 0) is 12.1 Å². The maximum Gasteiger partial charge on any atom is 0.189 e. The summed E-state index contributed by atoms with van der Waals surface area (Å²) in [4.78, 5) is 13.5. The molecule has 2 N–H and O–H groups in total. The standard InChI is InChI=1S/C8H5ClN2O/c1-11-6-2-5(4-12)8(10)7(9)3-6/h2-4H,10H2. The van der Waals surface area contributed by atoms with Gasteiger partial charge in [0.25, 0.3) is 0 Å². The smallest absolute Gasteiger partial charge is 0.189 e. The summed E-state index contributed by atoms with van der Waals surface area (Å²) in [7, 11) is 0. The molecule has 60 valence electrons. The zero-order valence-electron chi connectivity index (χ0n) is 6.04. The van der Waals surface area contributed by atoms with E-state index in [0.717, 1.165) is 0 Å². The lowest BCUT2D eigenvalue weighted by molar-refractivity contribution is 0.112. The number of aldehydes is 1. The molecule has 0 aromatic heterocycles. The van der Waals surface area contributed by atoms with Crippen LogP contribution in [-0.4, -0.2) is 6.29 Å². The van der Waals surface area contributed by atoms with Crippen molar-refractivity contribution in [2.45, 2.75) is 0 Å². The van der Waals surface area contributed by atoms with Crippen LogP contribution in [0.4, 0.5) is 11.4 Å². The number of benzene rings is 1. The molecular formula is C8H5ClN2O. The van der Waals surface area contributed by atoms with Crippen LogP contribution in [0.2, 0.25) is 5.02 Å². The van der Waals surface area contributed by atoms with E-state index in [1.54, 1.807) is 0 Å². The molecule has 1 aromatic carbocycles. The number of hydrogen-bond donors (Lipinski definition) is 1. The Morgan fingerprint density at radius 3 is 2.75 bits per heavy atom. The first kappa shape index (κ1) is 8.57. The third-order valence-corrected chi connectivity index (χ3v) is 1.72. The van der Waals surface area contributed by atoms with Crippen molar-refractivity contribution in [2.75, 3.05) is 5.73 Å². The highest BCUT2D eigenvalue weighted by molar-refractivity contribution is 6.34. The fraction of sp³-hybridized carbons (Fsp3) is 0. The average Bonchev–Trinajstić information content (AvgIpc) is 2.09. The average molecular weight is 181 g/mol. The van der Waals surface area contributed by atoms with Crippen molar-refractivity contribution in [3.05, 3.63) is 34.1 Å². The van der Waals surface area contributed by atoms with Crippen molar-refractivity contribution in [1.29, 1.82) is 0 Å². The number of carbonyl (C=O) groups excluding carboxylic acids is 1. The first-order valence-electron chi connectivity index (χ1n) is 3.10. The van der Waals surface area contributed by atoms with E-state index in [9.17, 15) is 4.79 Å². The lowest BCUT2D eigenvalue weighted by Crippen LogP contribution is -1.92. The van der Waals surface area contributed by atoms with Crippen LogP contribution in [-0.2, 0) is 0 Å². The van der Waals surface area contributed by atoms with Crippen LogP contribution < -0.4 is 5.73 Å². The minimum atomic E-state index is 0.221. The van der Waals surface area contributed by atoms with Gasteiger partial charge < -0.3 is 5.73 Å². The number of anilines is 1. The molecule has 0 aliphatic rings. The van der Waals surface area contributed by atoms with Crippen molar-refractivity contribution in [3.8, 4) is 0 Å². The van der Waals surface area contributed by atoms with Gasteiger partial charge >= 0.3 is 0 Å². The van der Waals surface area contributed by atoms with E-state index in [0.29, 0.717) is 12.0 Å². The van der Waals surface area contributed by atoms with Gasteiger partial charge in [0.05, 0.1) is 17.3 Å². The maximum absolute atomic E-state index is 10.4. The van der Waals surface area contributed by atoms with E-state index >= 15 is 0 Å². The van der Waals surface area contributed by atoms with E-state index in [4.69, 9.17) is 23.9 Å². The lowest BCUT2D eigenvalue weighted by Gasteiger charge is -2.01. The number of nitrogen functional groups attached to an aromatic ring is 1. The van der Waals surface area contributed by atoms with Gasteiger partial charge in [-0.1, -0.05) is 11.6 Å². The molecule has 0 fully saturated rings. The summed E-state index contributed by atoms with van der Waals surface area (Å²) in [5, 5.41) is 0.241. The minimum Gasteiger partial charge on any atom is -0.397 e. The van der Waals surface area contributed by atoms with Crippen molar-refractivity contribution >= 4 is 29.3 Å². The highest BCUT2D eigenvalue weighted by Crippen LogP contribution is 2.27. The van der Waals surface area contributed by atoms with Crippen molar-refractivity contribution < 1.29 is 4.79 Å². The van der Waals surface area contributed by atoms with E-state index in [2.05, 4.69) is 4.85 Å². The summed E-state index contributed by atoms with van der Waals surface area (Å²) in [6.45, 7) is 6.69. The predicted octanol–water partition coefficient (Wildman–Crippen LogP) is 2.29. The van der Waals surface area contributed by atoms with Crippen LogP contribution in [0.15, 0.2) is 12.1 Å². The second-order valence-corrected chi connectivity index (χ2v) is 2.57. The molecule has 0 heterocycles. The van der Waals surface area contributed by atoms with Gasteiger partial charge in [0.2, 0.25) is 0 Å². The summed E-state index contributed by atoms with van der Waals surface area (Å²) in [6, 6.07) is 2.83. The molecule has 0 saturated heterocycles. The van der Waals surface area contributed by atoms with Gasteiger partial charge in [-0.25, -0.2) is 4.85 Å². The monoisotopic (exact) mass is 180 g/mol. The summed E-state index contributed by atoms with van der Waals surface area (Å²) in [6.07, 6.45) is 0.579. The second-order valence-electron chi connectivity index (χ2n) is 2.16. The van der Waals surface area contributed by atoms with Crippen LogP contribution in [0.1, 0.15) is 10.4 Å². The summed E-state index contributed by atoms with van der Waals surface area (Å²) in [5.74, 6) is 0. The largest absolute Gasteiger partial charge is 0.397 e. The van der Waals surface area contributed by atoms with E-state index in [1.165, 1.54) is 12.1 Å². The number of carbonyl (C=O) groups is 1. The van der Waals surface area contributed by atoms with Gasteiger partial charge in [-0.3, -0.25) is 4.79 Å². The lowest BCUT2D eigenvalue weighted by atomic mass is 10.2. The molecule has 0 spiro atoms. The third kappa shape index (κ3) is 1.39. The van der Waals surface area contributed by atoms with Crippen LogP contribution in [0.5, 0.6) is 0 Å². The van der Waals surface area contributed by atoms with Gasteiger partial charge in [-0.2, -0.15) is 0 Å². The zero-order chi connectivity index (χ0) is 9.14. The fourth-order valence-electron chi connectivity index (χ4n) is 0.786. The Kier molecular flexibility index (Phi) is 2.32. The Morgan fingerprint density at radius 1 is 1.58 bits per heavy atom. The van der Waals surface area contributed by atoms with Gasteiger partial charge in [0.15, 0.2) is 12.0 Å². The van der Waals surface area contributed by atoms with Crippen molar-refractivity contribution in [2.24, 2.45) is 0 Å². The number of halogens is 1. The molecule has 3 nitrogen and oxygen atoms in total. The molecule has 0 bridgehead atoms. The number of nitrogens with zero attached hydrogens (tertiary/aromatic N) is 1. The summed E-state index contributed by atoms with van der Waals surface area (Å²) < 4.78 is 0. The van der Waals surface area contributed by atoms with Crippen molar-refractivity contribution in [3.63, 3.8) is 0 Å². The Balaban J connectivity index is 3.41. The number of rotatable bonds is 1. The Hall–Kier alpha value is -1.53. The van der Waals surface area contributed by atoms with E-state index in [-0.39, 0.29) is 16.3 Å². The van der Waals surface area contributed by atoms with Gasteiger partial charge in [0, 0.05) is 5.56 Å². The van der Waals surface area contributed by atoms with Crippen molar-refractivity contribution in [1.82, 2.24) is 0 Å². The molecule has 0 atom stereocenters. The Bertz CT molecular complexity index is 368. The molecule has 0 saturated carbocycles. The molecule has 0 unspecified atom stereocenters. The molecule has 4 heteroatoms. The highest BCUT2D eigenvalue weighted by atomic mass is 35.5. The SMILES string of the molecule is [C-]#[N+]c1cc(Cl)c(N)c(C=O)c1. The predicted molar refractivity (Wildman–Crippen MR) is 47.5 cm³/mol. The van der Waals surface area contributed by atoms with Gasteiger partial charge in [-0.15, -0.1) is 0 Å². The summed E-state index contributed by atoms with van der Waals surface area (Å²) in [5.41, 5.74) is 6.25. The molecule has 0 amide bonds. The Labute approximate surface area is 74.6 Å². The number of nitrogens with two attached hydrogens (primary N) is 1. The molecule has 0 radical (unpaired) electrons.